The van der Waals surface area contributed by atoms with Gasteiger partial charge in [-0.1, -0.05) is 54.6 Å². The molecule has 0 heterocycles. The molecule has 0 saturated carbocycles. The Hall–Kier alpha value is -4.77. The van der Waals surface area contributed by atoms with E-state index in [2.05, 4.69) is 5.32 Å². The molecule has 4 aromatic carbocycles. The van der Waals surface area contributed by atoms with Crippen molar-refractivity contribution in [3.8, 4) is 0 Å². The average molecular weight is 593 g/mol. The molecule has 42 heavy (non-hydrogen) atoms. The first-order valence-corrected chi connectivity index (χ1v) is 14.1. The minimum Gasteiger partial charge on any atom is -0.324 e. The van der Waals surface area contributed by atoms with E-state index in [1.807, 2.05) is 0 Å². The molecule has 0 spiro atoms. The lowest BCUT2D eigenvalue weighted by Crippen LogP contribution is -2.39. The van der Waals surface area contributed by atoms with Crippen molar-refractivity contribution < 1.29 is 36.0 Å². The van der Waals surface area contributed by atoms with Gasteiger partial charge in [0, 0.05) is 16.7 Å². The number of benzene rings is 4. The van der Waals surface area contributed by atoms with Crippen molar-refractivity contribution in [1.29, 1.82) is 0 Å². The summed E-state index contributed by atoms with van der Waals surface area (Å²) < 4.78 is 69.0. The molecular formula is C31H23F3N2O5S. The van der Waals surface area contributed by atoms with Gasteiger partial charge < -0.3 is 5.32 Å². The van der Waals surface area contributed by atoms with Crippen LogP contribution in [0.5, 0.6) is 0 Å². The van der Waals surface area contributed by atoms with E-state index in [0.29, 0.717) is 21.5 Å². The third kappa shape index (κ3) is 5.18. The number of hydrogen-bond acceptors (Lipinski definition) is 5. The number of sulfonamides is 1. The molecule has 0 radical (unpaired) electrons. The molecule has 1 aliphatic rings. The van der Waals surface area contributed by atoms with Crippen molar-refractivity contribution in [3.63, 3.8) is 0 Å². The summed E-state index contributed by atoms with van der Waals surface area (Å²) in [7, 11) is -4.55. The van der Waals surface area contributed by atoms with Gasteiger partial charge in [0.2, 0.25) is 5.91 Å². The highest BCUT2D eigenvalue weighted by Crippen LogP contribution is 2.35. The zero-order valence-corrected chi connectivity index (χ0v) is 23.1. The Kier molecular flexibility index (Phi) is 7.23. The topological polar surface area (TPSA) is 101 Å². The molecule has 0 aliphatic heterocycles. The summed E-state index contributed by atoms with van der Waals surface area (Å²) in [5.41, 5.74) is -0.207. The van der Waals surface area contributed by atoms with Crippen molar-refractivity contribution in [2.24, 2.45) is 0 Å². The fourth-order valence-electron chi connectivity index (χ4n) is 4.83. The number of hydrogen-bond donors (Lipinski definition) is 1. The van der Waals surface area contributed by atoms with Crippen LogP contribution in [0, 0.1) is 13.8 Å². The summed E-state index contributed by atoms with van der Waals surface area (Å²) in [6.07, 6.45) is -4.76. The number of carbonyl (C=O) groups excluding carboxylic acids is 3. The van der Waals surface area contributed by atoms with Gasteiger partial charge in [-0.2, -0.15) is 13.2 Å². The van der Waals surface area contributed by atoms with Crippen LogP contribution in [0.4, 0.5) is 24.5 Å². The lowest BCUT2D eigenvalue weighted by atomic mass is 9.83. The van der Waals surface area contributed by atoms with Crippen LogP contribution in [0.3, 0.4) is 0 Å². The molecule has 0 aromatic heterocycles. The van der Waals surface area contributed by atoms with Gasteiger partial charge in [-0.25, -0.2) is 8.42 Å². The van der Waals surface area contributed by atoms with Gasteiger partial charge in [0.05, 0.1) is 27.4 Å². The van der Waals surface area contributed by atoms with E-state index in [0.717, 1.165) is 18.2 Å². The number of rotatable bonds is 6. The van der Waals surface area contributed by atoms with Crippen LogP contribution in [0.2, 0.25) is 0 Å². The number of fused-ring (bicyclic) bond motifs is 2. The number of anilines is 2. The Morgan fingerprint density at radius 1 is 0.810 bits per heavy atom. The van der Waals surface area contributed by atoms with Gasteiger partial charge in [0.1, 0.15) is 6.54 Å². The molecule has 5 rings (SSSR count). The van der Waals surface area contributed by atoms with Crippen molar-refractivity contribution in [1.82, 2.24) is 0 Å². The van der Waals surface area contributed by atoms with E-state index in [4.69, 9.17) is 0 Å². The maximum Gasteiger partial charge on any atom is 0.416 e. The summed E-state index contributed by atoms with van der Waals surface area (Å²) in [5, 5.41) is 2.51. The van der Waals surface area contributed by atoms with E-state index < -0.39 is 45.8 Å². The summed E-state index contributed by atoms with van der Waals surface area (Å²) in [6, 6.07) is 18.8. The maximum absolute atomic E-state index is 13.9. The van der Waals surface area contributed by atoms with Gasteiger partial charge in [-0.05, 0) is 55.3 Å². The first kappa shape index (κ1) is 28.7. The third-order valence-corrected chi connectivity index (χ3v) is 8.80. The second-order valence-corrected chi connectivity index (χ2v) is 11.6. The summed E-state index contributed by atoms with van der Waals surface area (Å²) in [4.78, 5) is 39.6. The molecule has 0 fully saturated rings. The Morgan fingerprint density at radius 3 is 2.14 bits per heavy atom. The van der Waals surface area contributed by atoms with Crippen molar-refractivity contribution >= 4 is 38.9 Å². The molecular weight excluding hydrogens is 569 g/mol. The van der Waals surface area contributed by atoms with Gasteiger partial charge in [0.15, 0.2) is 11.6 Å². The number of nitrogens with zero attached hydrogens (tertiary/aromatic N) is 1. The molecule has 1 amide bonds. The fraction of sp³-hybridized carbons (Fsp3) is 0.129. The zero-order valence-electron chi connectivity index (χ0n) is 22.3. The number of alkyl halides is 3. The molecule has 0 atom stereocenters. The predicted molar refractivity (Wildman–Crippen MR) is 150 cm³/mol. The largest absolute Gasteiger partial charge is 0.416 e. The number of aryl methyl sites for hydroxylation is 2. The molecule has 1 N–H and O–H groups in total. The van der Waals surface area contributed by atoms with Crippen molar-refractivity contribution in [2.45, 2.75) is 24.9 Å². The van der Waals surface area contributed by atoms with E-state index in [1.165, 1.54) is 43.3 Å². The van der Waals surface area contributed by atoms with Gasteiger partial charge in [-0.15, -0.1) is 0 Å². The molecule has 0 bridgehead atoms. The maximum atomic E-state index is 13.9. The van der Waals surface area contributed by atoms with Crippen LogP contribution >= 0.6 is 0 Å². The van der Waals surface area contributed by atoms with E-state index in [-0.39, 0.29) is 38.5 Å². The molecule has 1 aliphatic carbocycles. The Bertz CT molecular complexity index is 1880. The molecule has 7 nitrogen and oxygen atoms in total. The number of carbonyl (C=O) groups is 3. The van der Waals surface area contributed by atoms with Gasteiger partial charge in [-0.3, -0.25) is 18.7 Å². The number of nitrogens with one attached hydrogen (secondary N) is 1. The molecule has 11 heteroatoms. The van der Waals surface area contributed by atoms with E-state index >= 15 is 0 Å². The Morgan fingerprint density at radius 2 is 1.45 bits per heavy atom. The Labute approximate surface area is 239 Å². The average Bonchev–Trinajstić information content (AvgIpc) is 2.95. The number of amides is 1. The second-order valence-electron chi connectivity index (χ2n) is 9.81. The number of ketones is 2. The first-order chi connectivity index (χ1) is 19.8. The SMILES string of the molecule is Cc1ccc(C)c(S(=O)(=O)N(CC(=O)Nc2cccc3c2C(=O)c2ccccc2C3=O)c2cccc(C(F)(F)F)c2)c1. The lowest BCUT2D eigenvalue weighted by Gasteiger charge is -2.26. The van der Waals surface area contributed by atoms with Crippen LogP contribution in [-0.4, -0.2) is 32.4 Å². The fourth-order valence-corrected chi connectivity index (χ4v) is 6.55. The summed E-state index contributed by atoms with van der Waals surface area (Å²) in [5.74, 6) is -1.86. The summed E-state index contributed by atoms with van der Waals surface area (Å²) in [6.45, 7) is 2.28. The molecule has 0 unspecified atom stereocenters. The highest BCUT2D eigenvalue weighted by atomic mass is 32.2. The quantitative estimate of drug-likeness (QED) is 0.263. The smallest absolute Gasteiger partial charge is 0.324 e. The zero-order chi connectivity index (χ0) is 30.4. The van der Waals surface area contributed by atoms with E-state index in [9.17, 15) is 36.0 Å². The highest BCUT2D eigenvalue weighted by Gasteiger charge is 2.35. The lowest BCUT2D eigenvalue weighted by molar-refractivity contribution is -0.137. The van der Waals surface area contributed by atoms with Crippen LogP contribution in [0.15, 0.2) is 89.8 Å². The number of halogens is 3. The van der Waals surface area contributed by atoms with Gasteiger partial charge >= 0.3 is 6.18 Å². The minimum absolute atomic E-state index is 0.0292. The van der Waals surface area contributed by atoms with Gasteiger partial charge in [0.25, 0.3) is 10.0 Å². The molecule has 4 aromatic rings. The second kappa shape index (κ2) is 10.6. The third-order valence-electron chi connectivity index (χ3n) is 6.89. The monoisotopic (exact) mass is 592 g/mol. The normalized spacial score (nSPS) is 12.9. The van der Waals surface area contributed by atoms with Crippen molar-refractivity contribution in [2.75, 3.05) is 16.2 Å². The van der Waals surface area contributed by atoms with Crippen molar-refractivity contribution in [3.05, 3.63) is 124 Å². The van der Waals surface area contributed by atoms with Crippen LogP contribution in [0.1, 0.15) is 48.5 Å². The van der Waals surface area contributed by atoms with Crippen LogP contribution in [0.25, 0.3) is 0 Å². The van der Waals surface area contributed by atoms with E-state index in [1.54, 1.807) is 31.2 Å². The molecule has 0 saturated heterocycles. The van der Waals surface area contributed by atoms with Crippen LogP contribution < -0.4 is 9.62 Å². The highest BCUT2D eigenvalue weighted by molar-refractivity contribution is 7.93. The first-order valence-electron chi connectivity index (χ1n) is 12.7. The predicted octanol–water partition coefficient (Wildman–Crippen LogP) is 5.93. The summed E-state index contributed by atoms with van der Waals surface area (Å²) >= 11 is 0. The molecule has 214 valence electrons. The minimum atomic E-state index is -4.76. The Balaban J connectivity index is 1.55. The van der Waals surface area contributed by atoms with Crippen LogP contribution in [-0.2, 0) is 21.0 Å². The standard InChI is InChI=1S/C31H23F3N2O5S/c1-18-13-14-19(2)26(15-18)42(40,41)36(21-8-5-7-20(16-21)31(32,33)34)17-27(37)35-25-12-6-11-24-28(25)30(39)23-10-4-3-9-22(23)29(24)38/h3-16H,17H2,1-2H3,(H,35,37).